The van der Waals surface area contributed by atoms with E-state index in [0.717, 1.165) is 6.42 Å². The molecule has 1 heteroatoms. The Morgan fingerprint density at radius 2 is 2.00 bits per heavy atom. The molecular formula is C11H20Si. The highest BCUT2D eigenvalue weighted by molar-refractivity contribution is 6.88. The molecule has 1 aliphatic rings. The van der Waals surface area contributed by atoms with E-state index in [4.69, 9.17) is 0 Å². The summed E-state index contributed by atoms with van der Waals surface area (Å²) in [5, 5.41) is 0. The van der Waals surface area contributed by atoms with Crippen LogP contribution >= 0.6 is 0 Å². The van der Waals surface area contributed by atoms with Gasteiger partial charge in [-0.2, -0.15) is 0 Å². The van der Waals surface area contributed by atoms with E-state index in [-0.39, 0.29) is 0 Å². The minimum absolute atomic E-state index is 0.918. The van der Waals surface area contributed by atoms with Crippen molar-refractivity contribution in [2.24, 2.45) is 0 Å². The van der Waals surface area contributed by atoms with Gasteiger partial charge >= 0.3 is 0 Å². The summed E-state index contributed by atoms with van der Waals surface area (Å²) in [6.07, 6.45) is 6.58. The van der Waals surface area contributed by atoms with Crippen LogP contribution in [0.25, 0.3) is 0 Å². The first-order chi connectivity index (χ1) is 5.77. The topological polar surface area (TPSA) is 0 Å². The van der Waals surface area contributed by atoms with Gasteiger partial charge in [-0.15, -0.1) is 11.5 Å². The normalized spacial score (nSPS) is 19.2. The molecule has 0 radical (unpaired) electrons. The van der Waals surface area contributed by atoms with Crippen LogP contribution in [0.2, 0.25) is 18.6 Å². The second-order valence-electron chi connectivity index (χ2n) is 4.17. The lowest BCUT2D eigenvalue weighted by atomic mass is 10.2. The van der Waals surface area contributed by atoms with Gasteiger partial charge in [0.15, 0.2) is 0 Å². The molecule has 0 aromatic rings. The summed E-state index contributed by atoms with van der Waals surface area (Å²) in [5.74, 6) is 3.37. The zero-order valence-electron chi connectivity index (χ0n) is 8.45. The molecule has 0 aromatic carbocycles. The second-order valence-corrected chi connectivity index (χ2v) is 8.54. The third-order valence-electron chi connectivity index (χ3n) is 2.75. The number of hydrogen-bond donors (Lipinski definition) is 0. The van der Waals surface area contributed by atoms with Crippen molar-refractivity contribution in [3.63, 3.8) is 0 Å². The highest BCUT2D eigenvalue weighted by atomic mass is 28.3. The molecule has 1 aliphatic heterocycles. The molecule has 0 nitrogen and oxygen atoms in total. The Balaban J connectivity index is 2.11. The van der Waals surface area contributed by atoms with Crippen LogP contribution in [0.1, 0.15) is 39.0 Å². The molecule has 0 aromatic heterocycles. The van der Waals surface area contributed by atoms with Gasteiger partial charge in [0.05, 0.1) is 0 Å². The molecule has 0 N–H and O–H groups in total. The van der Waals surface area contributed by atoms with E-state index >= 15 is 0 Å². The first kappa shape index (κ1) is 9.86. The summed E-state index contributed by atoms with van der Waals surface area (Å²) < 4.78 is 0. The zero-order chi connectivity index (χ0) is 8.86. The first-order valence-corrected chi connectivity index (χ1v) is 8.18. The summed E-state index contributed by atoms with van der Waals surface area (Å²) in [7, 11) is -0.918. The number of unbranched alkanes of at least 4 members (excludes halogenated alkanes) is 3. The van der Waals surface area contributed by atoms with Crippen molar-refractivity contribution in [1.29, 1.82) is 0 Å². The first-order valence-electron chi connectivity index (χ1n) is 5.27. The standard InChI is InChI=1S/C11H20Si/c1-3-4-5-6-7-9-12(2)10-8-11-12/h3-6,8,10-11H2,1-2H3. The third kappa shape index (κ3) is 3.03. The van der Waals surface area contributed by atoms with Gasteiger partial charge < -0.3 is 0 Å². The van der Waals surface area contributed by atoms with Gasteiger partial charge in [-0.25, -0.2) is 0 Å². The lowest BCUT2D eigenvalue weighted by Gasteiger charge is -2.30. The molecule has 0 amide bonds. The fourth-order valence-corrected chi connectivity index (χ4v) is 3.79. The highest BCUT2D eigenvalue weighted by Crippen LogP contribution is 2.30. The van der Waals surface area contributed by atoms with Crippen molar-refractivity contribution in [3.05, 3.63) is 0 Å². The van der Waals surface area contributed by atoms with Gasteiger partial charge in [0.25, 0.3) is 0 Å². The molecule has 0 spiro atoms. The van der Waals surface area contributed by atoms with Crippen molar-refractivity contribution >= 4 is 8.07 Å². The molecule has 0 atom stereocenters. The molecule has 12 heavy (non-hydrogen) atoms. The molecule has 0 unspecified atom stereocenters. The highest BCUT2D eigenvalue weighted by Gasteiger charge is 2.32. The summed E-state index contributed by atoms with van der Waals surface area (Å²) in [6.45, 7) is 4.68. The van der Waals surface area contributed by atoms with Crippen molar-refractivity contribution in [2.45, 2.75) is 57.7 Å². The van der Waals surface area contributed by atoms with Crippen LogP contribution < -0.4 is 0 Å². The largest absolute Gasteiger partial charge is 0.135 e. The Hall–Kier alpha value is -0.223. The van der Waals surface area contributed by atoms with Gasteiger partial charge in [-0.3, -0.25) is 0 Å². The van der Waals surface area contributed by atoms with E-state index < -0.39 is 8.07 Å². The van der Waals surface area contributed by atoms with Crippen LogP contribution in [-0.2, 0) is 0 Å². The van der Waals surface area contributed by atoms with Crippen molar-refractivity contribution in [1.82, 2.24) is 0 Å². The predicted molar refractivity (Wildman–Crippen MR) is 57.8 cm³/mol. The number of rotatable bonds is 3. The lowest BCUT2D eigenvalue weighted by molar-refractivity contribution is 0.737. The minimum Gasteiger partial charge on any atom is -0.131 e. The SMILES string of the molecule is CCCCCC#C[Si]1(C)CCC1. The van der Waals surface area contributed by atoms with E-state index in [0.29, 0.717) is 0 Å². The maximum absolute atomic E-state index is 3.54. The van der Waals surface area contributed by atoms with Crippen LogP contribution in [0.15, 0.2) is 0 Å². The minimum atomic E-state index is -0.918. The average molecular weight is 180 g/mol. The van der Waals surface area contributed by atoms with Gasteiger partial charge in [0, 0.05) is 6.42 Å². The zero-order valence-corrected chi connectivity index (χ0v) is 9.45. The van der Waals surface area contributed by atoms with Crippen LogP contribution in [-0.4, -0.2) is 8.07 Å². The molecule has 0 saturated carbocycles. The van der Waals surface area contributed by atoms with Crippen LogP contribution in [0.5, 0.6) is 0 Å². The Morgan fingerprint density at radius 1 is 1.25 bits per heavy atom. The monoisotopic (exact) mass is 180 g/mol. The molecule has 1 heterocycles. The molecular weight excluding hydrogens is 160 g/mol. The molecule has 68 valence electrons. The maximum atomic E-state index is 3.54. The van der Waals surface area contributed by atoms with Gasteiger partial charge in [0.1, 0.15) is 8.07 Å². The molecule has 0 aliphatic carbocycles. The molecule has 1 fully saturated rings. The van der Waals surface area contributed by atoms with E-state index in [1.807, 2.05) is 0 Å². The number of hydrogen-bond acceptors (Lipinski definition) is 0. The molecule has 1 rings (SSSR count). The smallest absolute Gasteiger partial charge is 0.131 e. The van der Waals surface area contributed by atoms with Crippen molar-refractivity contribution in [2.75, 3.05) is 0 Å². The Labute approximate surface area is 77.8 Å². The van der Waals surface area contributed by atoms with Gasteiger partial charge in [0.2, 0.25) is 0 Å². The van der Waals surface area contributed by atoms with E-state index in [1.54, 1.807) is 0 Å². The average Bonchev–Trinajstić information content (AvgIpc) is 2.01. The maximum Gasteiger partial charge on any atom is 0.135 e. The fraction of sp³-hybridized carbons (Fsp3) is 0.818. The van der Waals surface area contributed by atoms with E-state index in [2.05, 4.69) is 24.9 Å². The van der Waals surface area contributed by atoms with Crippen molar-refractivity contribution < 1.29 is 0 Å². The molecule has 1 saturated heterocycles. The summed E-state index contributed by atoms with van der Waals surface area (Å²) >= 11 is 0. The van der Waals surface area contributed by atoms with Crippen LogP contribution in [0.4, 0.5) is 0 Å². The van der Waals surface area contributed by atoms with Crippen LogP contribution in [0.3, 0.4) is 0 Å². The third-order valence-corrected chi connectivity index (χ3v) is 6.45. The quantitative estimate of drug-likeness (QED) is 0.354. The van der Waals surface area contributed by atoms with Gasteiger partial charge in [-0.05, 0) is 18.5 Å². The summed E-state index contributed by atoms with van der Waals surface area (Å²) in [5.41, 5.74) is 3.54. The second kappa shape index (κ2) is 4.72. The summed E-state index contributed by atoms with van der Waals surface area (Å²) in [6, 6.07) is 2.93. The van der Waals surface area contributed by atoms with Crippen LogP contribution in [0, 0.1) is 11.5 Å². The van der Waals surface area contributed by atoms with Crippen molar-refractivity contribution in [3.8, 4) is 11.5 Å². The Bertz CT molecular complexity index is 181. The molecule has 0 bridgehead atoms. The Morgan fingerprint density at radius 3 is 2.50 bits per heavy atom. The fourth-order valence-electron chi connectivity index (χ4n) is 1.57. The lowest BCUT2D eigenvalue weighted by Crippen LogP contribution is -2.36. The van der Waals surface area contributed by atoms with E-state index in [1.165, 1.54) is 37.8 Å². The predicted octanol–water partition coefficient (Wildman–Crippen LogP) is 3.59. The van der Waals surface area contributed by atoms with E-state index in [9.17, 15) is 0 Å². The van der Waals surface area contributed by atoms with Gasteiger partial charge in [-0.1, -0.05) is 32.7 Å². The summed E-state index contributed by atoms with van der Waals surface area (Å²) in [4.78, 5) is 0. The Kier molecular flexibility index (Phi) is 3.88.